The van der Waals surface area contributed by atoms with E-state index in [1.165, 1.54) is 23.5 Å². The maximum Gasteiger partial charge on any atom is 0.349 e. The summed E-state index contributed by atoms with van der Waals surface area (Å²) in [5.41, 5.74) is 0.0547. The molecule has 2 heterocycles. The van der Waals surface area contributed by atoms with Crippen LogP contribution in [0, 0.1) is 5.82 Å². The molecule has 1 aromatic heterocycles. The first-order chi connectivity index (χ1) is 12.9. The van der Waals surface area contributed by atoms with E-state index in [2.05, 4.69) is 25.6 Å². The zero-order valence-corrected chi connectivity index (χ0v) is 16.6. The number of hydrogen-bond acceptors (Lipinski definition) is 6. The minimum absolute atomic E-state index is 0.0547. The predicted octanol–water partition coefficient (Wildman–Crippen LogP) is 4.17. The Labute approximate surface area is 165 Å². The molecule has 0 bridgehead atoms. The lowest BCUT2D eigenvalue weighted by atomic mass is 10.2. The number of nitrogens with one attached hydrogen (secondary N) is 1. The van der Waals surface area contributed by atoms with Crippen LogP contribution in [0.1, 0.15) is 9.67 Å². The summed E-state index contributed by atoms with van der Waals surface area (Å²) < 4.78 is 48.4. The molecule has 1 aliphatic heterocycles. The molecule has 10 heteroatoms. The number of rotatable bonds is 3. The molecule has 0 spiro atoms. The molecule has 4 rings (SSSR count). The summed E-state index contributed by atoms with van der Waals surface area (Å²) in [4.78, 5) is 12.2. The molecule has 0 radical (unpaired) electrons. The molecular weight excluding hydrogens is 459 g/mol. The summed E-state index contributed by atoms with van der Waals surface area (Å²) in [7, 11) is -4.21. The molecule has 0 amide bonds. The van der Waals surface area contributed by atoms with Crippen LogP contribution >= 0.6 is 27.3 Å². The van der Waals surface area contributed by atoms with Crippen molar-refractivity contribution in [3.63, 3.8) is 0 Å². The third-order valence-electron chi connectivity index (χ3n) is 3.79. The lowest BCUT2D eigenvalue weighted by molar-refractivity contribution is 0.0568. The predicted molar refractivity (Wildman–Crippen MR) is 104 cm³/mol. The van der Waals surface area contributed by atoms with E-state index in [1.54, 1.807) is 0 Å². The number of hydrogen-bond donors (Lipinski definition) is 1. The van der Waals surface area contributed by atoms with Crippen molar-refractivity contribution in [2.45, 2.75) is 4.90 Å². The van der Waals surface area contributed by atoms with E-state index < -0.39 is 33.3 Å². The fourth-order valence-electron chi connectivity index (χ4n) is 2.65. The van der Waals surface area contributed by atoms with Crippen molar-refractivity contribution in [3.05, 3.63) is 57.6 Å². The Morgan fingerprint density at radius 1 is 1.22 bits per heavy atom. The Morgan fingerprint density at radius 3 is 2.78 bits per heavy atom. The van der Waals surface area contributed by atoms with Crippen LogP contribution in [0.25, 0.3) is 10.1 Å². The Bertz CT molecular complexity index is 1220. The van der Waals surface area contributed by atoms with Crippen molar-refractivity contribution in [2.75, 3.05) is 11.9 Å². The highest BCUT2D eigenvalue weighted by atomic mass is 79.9. The van der Waals surface area contributed by atoms with E-state index in [0.29, 0.717) is 9.35 Å². The molecule has 0 atom stereocenters. The van der Waals surface area contributed by atoms with Crippen LogP contribution in [0.15, 0.2) is 56.2 Å². The van der Waals surface area contributed by atoms with Gasteiger partial charge in [0, 0.05) is 10.1 Å². The van der Waals surface area contributed by atoms with Crippen LogP contribution < -0.4 is 5.32 Å². The molecule has 1 aliphatic rings. The topological polar surface area (TPSA) is 84.8 Å². The summed E-state index contributed by atoms with van der Waals surface area (Å²) in [5.74, 6) is -1.61. The number of carbonyl (C=O) groups excluding carboxylic acids is 1. The molecule has 3 aromatic rings. The van der Waals surface area contributed by atoms with E-state index >= 15 is 0 Å². The zero-order chi connectivity index (χ0) is 19.2. The maximum atomic E-state index is 13.8. The van der Waals surface area contributed by atoms with E-state index in [-0.39, 0.29) is 11.5 Å². The largest absolute Gasteiger partial charge is 0.453 e. The van der Waals surface area contributed by atoms with Gasteiger partial charge in [-0.1, -0.05) is 24.3 Å². The number of thiophene rings is 1. The van der Waals surface area contributed by atoms with Crippen molar-refractivity contribution in [1.29, 1.82) is 0 Å². The quantitative estimate of drug-likeness (QED) is 0.582. The first kappa shape index (κ1) is 18.1. The molecular formula is C17H10BrFN2O4S2. The molecule has 2 aromatic carbocycles. The van der Waals surface area contributed by atoms with Crippen LogP contribution in [0.2, 0.25) is 0 Å². The number of sulfonamides is 1. The number of anilines is 1. The monoisotopic (exact) mass is 468 g/mol. The van der Waals surface area contributed by atoms with Gasteiger partial charge in [0.05, 0.1) is 10.2 Å². The van der Waals surface area contributed by atoms with Gasteiger partial charge in [-0.25, -0.2) is 9.18 Å². The number of halogens is 2. The Kier molecular flexibility index (Phi) is 4.49. The van der Waals surface area contributed by atoms with Crippen molar-refractivity contribution >= 4 is 64.9 Å². The summed E-state index contributed by atoms with van der Waals surface area (Å²) in [5, 5.41) is 3.57. The molecule has 0 fully saturated rings. The van der Waals surface area contributed by atoms with Gasteiger partial charge in [0.25, 0.3) is 10.0 Å². The molecule has 0 unspecified atom stereocenters. The molecule has 1 N–H and O–H groups in total. The Morgan fingerprint density at radius 2 is 2.00 bits per heavy atom. The summed E-state index contributed by atoms with van der Waals surface area (Å²) in [6.07, 6.45) is 0. The Balaban J connectivity index is 1.56. The maximum absolute atomic E-state index is 13.8. The number of esters is 1. The number of carbonyl (C=O) groups is 1. The van der Waals surface area contributed by atoms with Crippen LogP contribution in [0.5, 0.6) is 0 Å². The lowest BCUT2D eigenvalue weighted by Gasteiger charge is -2.18. The van der Waals surface area contributed by atoms with Crippen LogP contribution in [0.4, 0.5) is 10.1 Å². The molecule has 27 heavy (non-hydrogen) atoms. The molecule has 138 valence electrons. The average molecular weight is 469 g/mol. The average Bonchev–Trinajstić information content (AvgIpc) is 2.96. The first-order valence-corrected chi connectivity index (χ1v) is 10.7. The smallest absolute Gasteiger partial charge is 0.349 e. The Hall–Kier alpha value is -2.30. The molecule has 0 saturated carbocycles. The second-order valence-corrected chi connectivity index (χ2v) is 8.96. The second kappa shape index (κ2) is 6.70. The zero-order valence-electron chi connectivity index (χ0n) is 13.4. The van der Waals surface area contributed by atoms with E-state index in [9.17, 15) is 17.6 Å². The third kappa shape index (κ3) is 3.24. The SMILES string of the molecule is O=C(OCC1=NS(=O)(=O)c2c(F)cccc2N1)c1sc2ccccc2c1Br. The van der Waals surface area contributed by atoms with E-state index in [1.807, 2.05) is 24.3 Å². The van der Waals surface area contributed by atoms with Gasteiger partial charge >= 0.3 is 5.97 Å². The van der Waals surface area contributed by atoms with Gasteiger partial charge in [0.15, 0.2) is 12.4 Å². The normalized spacial score (nSPS) is 15.0. The third-order valence-corrected chi connectivity index (χ3v) is 7.42. The molecule has 0 saturated heterocycles. The van der Waals surface area contributed by atoms with Crippen LogP contribution in [-0.2, 0) is 14.8 Å². The standard InChI is InChI=1S/C17H10BrFN2O4S2/c18-14-9-4-1-2-7-12(9)26-15(14)17(22)25-8-13-20-11-6-3-5-10(19)16(11)27(23,24)21-13/h1-7H,8H2,(H,20,21). The number of fused-ring (bicyclic) bond motifs is 2. The van der Waals surface area contributed by atoms with Crippen LogP contribution in [-0.4, -0.2) is 26.8 Å². The van der Waals surface area contributed by atoms with Gasteiger partial charge in [-0.2, -0.15) is 8.42 Å². The van der Waals surface area contributed by atoms with Crippen molar-refractivity contribution < 1.29 is 22.3 Å². The highest BCUT2D eigenvalue weighted by Crippen LogP contribution is 2.36. The van der Waals surface area contributed by atoms with Crippen LogP contribution in [0.3, 0.4) is 0 Å². The van der Waals surface area contributed by atoms with Gasteiger partial charge < -0.3 is 10.1 Å². The van der Waals surface area contributed by atoms with Gasteiger partial charge in [-0.15, -0.1) is 15.7 Å². The lowest BCUT2D eigenvalue weighted by Crippen LogP contribution is -2.27. The fourth-order valence-corrected chi connectivity index (χ4v) is 5.71. The minimum atomic E-state index is -4.21. The number of benzene rings is 2. The van der Waals surface area contributed by atoms with Crippen molar-refractivity contribution in [3.8, 4) is 0 Å². The molecule has 6 nitrogen and oxygen atoms in total. The number of nitrogens with zero attached hydrogens (tertiary/aromatic N) is 1. The van der Waals surface area contributed by atoms with E-state index in [0.717, 1.165) is 16.2 Å². The fraction of sp³-hybridized carbons (Fsp3) is 0.0588. The van der Waals surface area contributed by atoms with Gasteiger partial charge in [0.2, 0.25) is 0 Å². The van der Waals surface area contributed by atoms with E-state index in [4.69, 9.17) is 4.74 Å². The van der Waals surface area contributed by atoms with Gasteiger partial charge in [-0.3, -0.25) is 0 Å². The highest BCUT2D eigenvalue weighted by Gasteiger charge is 2.29. The number of amidine groups is 1. The summed E-state index contributed by atoms with van der Waals surface area (Å²) >= 11 is 4.65. The molecule has 0 aliphatic carbocycles. The van der Waals surface area contributed by atoms with Gasteiger partial charge in [0.1, 0.15) is 15.6 Å². The second-order valence-electron chi connectivity index (χ2n) is 5.57. The van der Waals surface area contributed by atoms with Crippen molar-refractivity contribution in [1.82, 2.24) is 0 Å². The van der Waals surface area contributed by atoms with Gasteiger partial charge in [-0.05, 0) is 34.1 Å². The first-order valence-electron chi connectivity index (χ1n) is 7.60. The number of ether oxygens (including phenoxy) is 1. The highest BCUT2D eigenvalue weighted by molar-refractivity contribution is 9.10. The summed E-state index contributed by atoms with van der Waals surface area (Å²) in [6.45, 7) is -0.394. The minimum Gasteiger partial charge on any atom is -0.453 e. The van der Waals surface area contributed by atoms with Crippen molar-refractivity contribution in [2.24, 2.45) is 4.40 Å². The summed E-state index contributed by atoms with van der Waals surface area (Å²) in [6, 6.07) is 11.3.